The van der Waals surface area contributed by atoms with Crippen LogP contribution in [0.2, 0.25) is 0 Å². The van der Waals surface area contributed by atoms with Gasteiger partial charge in [0, 0.05) is 0 Å². The Bertz CT molecular complexity index is 656. The van der Waals surface area contributed by atoms with Crippen molar-refractivity contribution in [3.63, 3.8) is 0 Å². The van der Waals surface area contributed by atoms with Crippen molar-refractivity contribution in [2.75, 3.05) is 19.6 Å². The molecule has 0 saturated carbocycles. The topological polar surface area (TPSA) is 140 Å². The van der Waals surface area contributed by atoms with Crippen molar-refractivity contribution < 1.29 is 14.4 Å². The molecule has 1 aromatic carbocycles. The van der Waals surface area contributed by atoms with Crippen LogP contribution in [0.5, 0.6) is 11.5 Å². The molecule has 0 saturated heterocycles. The number of nitrogens with one attached hydrogen (secondary N) is 2. The van der Waals surface area contributed by atoms with Gasteiger partial charge in [0.2, 0.25) is 0 Å². The molecule has 11 nitrogen and oxygen atoms in total. The Kier molecular flexibility index (Phi) is 4.23. The van der Waals surface area contributed by atoms with Crippen molar-refractivity contribution in [1.82, 2.24) is 20.6 Å². The number of nitrogens with zero attached hydrogens (tertiary/aromatic N) is 5. The molecule has 11 heteroatoms. The van der Waals surface area contributed by atoms with Gasteiger partial charge in [-0.15, -0.1) is 5.10 Å². The van der Waals surface area contributed by atoms with Crippen LogP contribution in [-0.4, -0.2) is 46.0 Å². The van der Waals surface area contributed by atoms with Gasteiger partial charge in [-0.1, -0.05) is 5.10 Å². The molecule has 0 aliphatic carbocycles. The van der Waals surface area contributed by atoms with Gasteiger partial charge in [-0.25, -0.2) is 5.43 Å². The molecule has 2 N–H and O–H groups in total. The Balaban J connectivity index is 2.31. The summed E-state index contributed by atoms with van der Waals surface area (Å²) in [4.78, 5) is 10.5. The number of nitro benzene ring substituents is 1. The minimum atomic E-state index is -0.544. The lowest BCUT2D eigenvalue weighted by Gasteiger charge is -2.08. The second-order valence-electron chi connectivity index (χ2n) is 3.63. The molecule has 2 aromatic rings. The smallest absolute Gasteiger partial charge is 0.283 e. The fraction of sp³-hybridized carbons (Fsp3) is 0.200. The third-order valence-electron chi connectivity index (χ3n) is 2.44. The number of aromatic nitrogens is 4. The van der Waals surface area contributed by atoms with Crippen LogP contribution >= 0.6 is 0 Å². The molecular formula is C10H11N7O4. The van der Waals surface area contributed by atoms with Crippen LogP contribution in [-0.2, 0) is 0 Å². The lowest BCUT2D eigenvalue weighted by Crippen LogP contribution is -2.00. The standard InChI is InChI=1S/C10H11N7O4/c1-20-8-3-6(5-11-12-10-13-15-16-14-10)7(17(18)19)4-9(8)21-2/h3-5H,1-2H3,(H2,12,13,14,15,16)/b11-5-. The van der Waals surface area contributed by atoms with E-state index >= 15 is 0 Å². The number of hydrazone groups is 1. The van der Waals surface area contributed by atoms with Gasteiger partial charge in [-0.05, 0) is 11.3 Å². The van der Waals surface area contributed by atoms with Crippen molar-refractivity contribution in [2.24, 2.45) is 5.10 Å². The highest BCUT2D eigenvalue weighted by Gasteiger charge is 2.18. The first-order chi connectivity index (χ1) is 10.2. The largest absolute Gasteiger partial charge is 0.493 e. The SMILES string of the molecule is COc1cc(/C=N\Nc2nn[nH]n2)c([N+](=O)[O-])cc1OC. The highest BCUT2D eigenvalue weighted by atomic mass is 16.6. The van der Waals surface area contributed by atoms with Crippen molar-refractivity contribution in [2.45, 2.75) is 0 Å². The summed E-state index contributed by atoms with van der Waals surface area (Å²) in [5, 5.41) is 27.7. The van der Waals surface area contributed by atoms with Gasteiger partial charge in [0.05, 0.1) is 37.0 Å². The van der Waals surface area contributed by atoms with Gasteiger partial charge >= 0.3 is 0 Å². The molecule has 1 heterocycles. The van der Waals surface area contributed by atoms with E-state index in [4.69, 9.17) is 9.47 Å². The summed E-state index contributed by atoms with van der Waals surface area (Å²) in [5.74, 6) is 0.742. The zero-order valence-electron chi connectivity index (χ0n) is 11.1. The average molecular weight is 293 g/mol. The molecule has 0 aliphatic heterocycles. The molecule has 0 spiro atoms. The van der Waals surface area contributed by atoms with Crippen molar-refractivity contribution in [3.8, 4) is 11.5 Å². The Morgan fingerprint density at radius 2 is 2.10 bits per heavy atom. The summed E-state index contributed by atoms with van der Waals surface area (Å²) in [6.45, 7) is 0. The Morgan fingerprint density at radius 1 is 1.38 bits per heavy atom. The number of hydrogen-bond donors (Lipinski definition) is 2. The minimum Gasteiger partial charge on any atom is -0.493 e. The second kappa shape index (κ2) is 6.27. The fourth-order valence-electron chi connectivity index (χ4n) is 1.51. The number of benzene rings is 1. The summed E-state index contributed by atoms with van der Waals surface area (Å²) in [6.07, 6.45) is 1.25. The van der Waals surface area contributed by atoms with Gasteiger partial charge in [0.1, 0.15) is 0 Å². The lowest BCUT2D eigenvalue weighted by atomic mass is 10.1. The van der Waals surface area contributed by atoms with E-state index in [1.54, 1.807) is 0 Å². The van der Waals surface area contributed by atoms with Gasteiger partial charge < -0.3 is 9.47 Å². The Hall–Kier alpha value is -3.24. The zero-order valence-corrected chi connectivity index (χ0v) is 11.1. The first-order valence-corrected chi connectivity index (χ1v) is 5.58. The molecule has 0 fully saturated rings. The highest BCUT2D eigenvalue weighted by molar-refractivity contribution is 5.87. The fourth-order valence-corrected chi connectivity index (χ4v) is 1.51. The van der Waals surface area contributed by atoms with Crippen LogP contribution in [0.4, 0.5) is 11.6 Å². The normalized spacial score (nSPS) is 10.6. The van der Waals surface area contributed by atoms with Crippen molar-refractivity contribution in [3.05, 3.63) is 27.8 Å². The summed E-state index contributed by atoms with van der Waals surface area (Å²) in [6, 6.07) is 2.70. The number of aromatic amines is 1. The molecule has 0 radical (unpaired) electrons. The molecule has 0 amide bonds. The van der Waals surface area contributed by atoms with Gasteiger partial charge in [0.15, 0.2) is 11.5 Å². The van der Waals surface area contributed by atoms with E-state index in [-0.39, 0.29) is 22.9 Å². The van der Waals surface area contributed by atoms with Crippen molar-refractivity contribution in [1.29, 1.82) is 0 Å². The first kappa shape index (κ1) is 14.2. The van der Waals surface area contributed by atoms with Gasteiger partial charge in [-0.3, -0.25) is 10.1 Å². The van der Waals surface area contributed by atoms with E-state index in [0.29, 0.717) is 5.75 Å². The number of H-pyrrole nitrogens is 1. The molecule has 1 aromatic heterocycles. The van der Waals surface area contributed by atoms with Crippen LogP contribution in [0.25, 0.3) is 0 Å². The van der Waals surface area contributed by atoms with Crippen LogP contribution in [0.3, 0.4) is 0 Å². The third kappa shape index (κ3) is 3.20. The Morgan fingerprint density at radius 3 is 2.67 bits per heavy atom. The van der Waals surface area contributed by atoms with E-state index < -0.39 is 4.92 Å². The minimum absolute atomic E-state index is 0.134. The number of tetrazole rings is 1. The van der Waals surface area contributed by atoms with Gasteiger partial charge in [0.25, 0.3) is 11.6 Å². The van der Waals surface area contributed by atoms with Crippen LogP contribution < -0.4 is 14.9 Å². The maximum atomic E-state index is 11.1. The summed E-state index contributed by atoms with van der Waals surface area (Å²) < 4.78 is 10.1. The quantitative estimate of drug-likeness (QED) is 0.447. The van der Waals surface area contributed by atoms with Crippen LogP contribution in [0, 0.1) is 10.1 Å². The van der Waals surface area contributed by atoms with E-state index in [1.807, 2.05) is 0 Å². The third-order valence-corrected chi connectivity index (χ3v) is 2.44. The monoisotopic (exact) mass is 293 g/mol. The number of anilines is 1. The average Bonchev–Trinajstić information content (AvgIpc) is 2.99. The number of ether oxygens (including phenoxy) is 2. The molecule has 21 heavy (non-hydrogen) atoms. The van der Waals surface area contributed by atoms with E-state index in [9.17, 15) is 10.1 Å². The lowest BCUT2D eigenvalue weighted by molar-refractivity contribution is -0.385. The predicted molar refractivity (Wildman–Crippen MR) is 71.6 cm³/mol. The molecular weight excluding hydrogens is 282 g/mol. The highest BCUT2D eigenvalue weighted by Crippen LogP contribution is 2.33. The molecule has 0 aliphatic rings. The second-order valence-corrected chi connectivity index (χ2v) is 3.63. The summed E-state index contributed by atoms with van der Waals surface area (Å²) >= 11 is 0. The number of methoxy groups -OCH3 is 2. The predicted octanol–water partition coefficient (Wildman–Crippen LogP) is 0.571. The van der Waals surface area contributed by atoms with Crippen molar-refractivity contribution >= 4 is 17.9 Å². The maximum absolute atomic E-state index is 11.1. The van der Waals surface area contributed by atoms with Gasteiger partial charge in [-0.2, -0.15) is 10.3 Å². The molecule has 0 atom stereocenters. The van der Waals surface area contributed by atoms with E-state index in [2.05, 4.69) is 31.2 Å². The number of hydrogen-bond acceptors (Lipinski definition) is 9. The molecule has 110 valence electrons. The number of rotatable bonds is 6. The number of nitro groups is 1. The summed E-state index contributed by atoms with van der Waals surface area (Å²) in [5.41, 5.74) is 2.52. The van der Waals surface area contributed by atoms with Crippen LogP contribution in [0.15, 0.2) is 17.2 Å². The van der Waals surface area contributed by atoms with Crippen LogP contribution in [0.1, 0.15) is 5.56 Å². The first-order valence-electron chi connectivity index (χ1n) is 5.58. The van der Waals surface area contributed by atoms with E-state index in [0.717, 1.165) is 0 Å². The molecule has 0 unspecified atom stereocenters. The zero-order chi connectivity index (χ0) is 15.2. The maximum Gasteiger partial charge on any atom is 0.283 e. The summed E-state index contributed by atoms with van der Waals surface area (Å²) in [7, 11) is 2.83. The van der Waals surface area contributed by atoms with E-state index in [1.165, 1.54) is 32.6 Å². The molecule has 2 rings (SSSR count). The molecule has 0 bridgehead atoms. The Labute approximate surface area is 118 Å².